The maximum absolute atomic E-state index is 5.24. The van der Waals surface area contributed by atoms with Gasteiger partial charge in [-0.3, -0.25) is 4.57 Å². The smallest absolute Gasteiger partial charge is 0.141 e. The molecule has 2 aromatic heterocycles. The molecule has 0 saturated heterocycles. The second kappa shape index (κ2) is 7.30. The van der Waals surface area contributed by atoms with Gasteiger partial charge in [0.2, 0.25) is 0 Å². The zero-order chi connectivity index (χ0) is 25.9. The molecule has 10 rings (SSSR count). The van der Waals surface area contributed by atoms with Crippen LogP contribution < -0.4 is 5.32 Å². The molecule has 0 amide bonds. The molecule has 1 unspecified atom stereocenters. The van der Waals surface area contributed by atoms with Crippen molar-refractivity contribution in [2.24, 2.45) is 4.99 Å². The number of allylic oxidation sites excluding steroid dienone is 1. The van der Waals surface area contributed by atoms with E-state index >= 15 is 0 Å². The van der Waals surface area contributed by atoms with Crippen LogP contribution in [0.5, 0.6) is 0 Å². The summed E-state index contributed by atoms with van der Waals surface area (Å²) in [6.45, 7) is 0. The molecule has 4 nitrogen and oxygen atoms in total. The van der Waals surface area contributed by atoms with Gasteiger partial charge in [0.15, 0.2) is 0 Å². The highest BCUT2D eigenvalue weighted by Crippen LogP contribution is 2.49. The Morgan fingerprint density at radius 2 is 1.50 bits per heavy atom. The molecule has 0 radical (unpaired) electrons. The van der Waals surface area contributed by atoms with Crippen molar-refractivity contribution in [1.29, 1.82) is 0 Å². The zero-order valence-electron chi connectivity index (χ0n) is 21.7. The van der Waals surface area contributed by atoms with Crippen molar-refractivity contribution in [1.82, 2.24) is 9.13 Å². The molecular formula is C36H24N4. The Kier molecular flexibility index (Phi) is 3.80. The number of fused-ring (bicyclic) bond motifs is 13. The molecule has 4 heteroatoms. The van der Waals surface area contributed by atoms with Crippen molar-refractivity contribution in [3.05, 3.63) is 120 Å². The minimum Gasteiger partial charge on any atom is -0.370 e. The number of anilines is 1. The van der Waals surface area contributed by atoms with Crippen LogP contribution in [0.2, 0.25) is 0 Å². The monoisotopic (exact) mass is 512 g/mol. The number of para-hydroxylation sites is 4. The number of nitrogens with zero attached hydrogens (tertiary/aromatic N) is 3. The van der Waals surface area contributed by atoms with Crippen molar-refractivity contribution < 1.29 is 0 Å². The first-order chi connectivity index (χ1) is 19.9. The molecule has 3 aliphatic rings. The summed E-state index contributed by atoms with van der Waals surface area (Å²) in [5.74, 6) is 1.07. The molecular weight excluding hydrogens is 488 g/mol. The quantitative estimate of drug-likeness (QED) is 0.234. The summed E-state index contributed by atoms with van der Waals surface area (Å²) in [4.78, 5) is 5.24. The number of hydrogen-bond acceptors (Lipinski definition) is 2. The average Bonchev–Trinajstić information content (AvgIpc) is 3.65. The molecule has 2 aliphatic heterocycles. The molecule has 7 aromatic rings. The van der Waals surface area contributed by atoms with Crippen molar-refractivity contribution in [3.8, 4) is 5.69 Å². The van der Waals surface area contributed by atoms with Gasteiger partial charge in [-0.05, 0) is 66.4 Å². The van der Waals surface area contributed by atoms with Gasteiger partial charge in [0.1, 0.15) is 11.9 Å². The Labute approximate surface area is 230 Å². The van der Waals surface area contributed by atoms with Crippen LogP contribution in [-0.4, -0.2) is 15.0 Å². The minimum atomic E-state index is 0.0530. The lowest BCUT2D eigenvalue weighted by molar-refractivity contribution is 0.997. The summed E-state index contributed by atoms with van der Waals surface area (Å²) in [5.41, 5.74) is 12.4. The summed E-state index contributed by atoms with van der Waals surface area (Å²) < 4.78 is 4.88. The number of aromatic nitrogens is 2. The van der Waals surface area contributed by atoms with E-state index in [1.165, 1.54) is 66.0 Å². The number of hydrogen-bond donors (Lipinski definition) is 1. The molecule has 1 atom stereocenters. The van der Waals surface area contributed by atoms with Crippen molar-refractivity contribution in [2.45, 2.75) is 18.9 Å². The van der Waals surface area contributed by atoms with E-state index in [0.717, 1.165) is 30.1 Å². The van der Waals surface area contributed by atoms with Gasteiger partial charge in [0.25, 0.3) is 0 Å². The van der Waals surface area contributed by atoms with Gasteiger partial charge >= 0.3 is 0 Å². The molecule has 40 heavy (non-hydrogen) atoms. The first kappa shape index (κ1) is 20.8. The van der Waals surface area contributed by atoms with Crippen molar-refractivity contribution >= 4 is 66.9 Å². The second-order valence-electron chi connectivity index (χ2n) is 11.1. The van der Waals surface area contributed by atoms with Gasteiger partial charge in [0.05, 0.1) is 33.4 Å². The first-order valence-electron chi connectivity index (χ1n) is 14.1. The molecule has 5 aromatic carbocycles. The first-order valence-corrected chi connectivity index (χ1v) is 14.1. The lowest BCUT2D eigenvalue weighted by atomic mass is 9.91. The molecule has 0 spiro atoms. The van der Waals surface area contributed by atoms with Gasteiger partial charge in [-0.1, -0.05) is 66.7 Å². The molecule has 0 bridgehead atoms. The third kappa shape index (κ3) is 2.45. The molecule has 1 N–H and O–H groups in total. The Bertz CT molecular complexity index is 2300. The highest BCUT2D eigenvalue weighted by Gasteiger charge is 2.36. The number of aliphatic imine (C=N–C) groups is 1. The number of aryl methyl sites for hydroxylation is 1. The zero-order valence-corrected chi connectivity index (χ0v) is 21.7. The number of benzene rings is 5. The summed E-state index contributed by atoms with van der Waals surface area (Å²) in [7, 11) is 0. The fourth-order valence-corrected chi connectivity index (χ4v) is 7.55. The van der Waals surface area contributed by atoms with E-state index in [1.807, 2.05) is 0 Å². The van der Waals surface area contributed by atoms with Crippen LogP contribution in [0.3, 0.4) is 0 Å². The van der Waals surface area contributed by atoms with Crippen molar-refractivity contribution in [2.75, 3.05) is 5.32 Å². The normalized spacial score (nSPS) is 16.8. The molecule has 4 heterocycles. The topological polar surface area (TPSA) is 34.2 Å². The summed E-state index contributed by atoms with van der Waals surface area (Å²) in [6, 6.07) is 35.3. The van der Waals surface area contributed by atoms with Crippen molar-refractivity contribution in [3.63, 3.8) is 0 Å². The molecule has 1 aliphatic carbocycles. The fraction of sp³-hybridized carbons (Fsp3) is 0.0833. The Hall–Kier alpha value is -5.09. The van der Waals surface area contributed by atoms with E-state index in [0.29, 0.717) is 0 Å². The summed E-state index contributed by atoms with van der Waals surface area (Å²) >= 11 is 0. The lowest BCUT2D eigenvalue weighted by Gasteiger charge is -2.23. The maximum Gasteiger partial charge on any atom is 0.141 e. The van der Waals surface area contributed by atoms with Gasteiger partial charge in [-0.25, -0.2) is 4.99 Å². The number of rotatable bonds is 1. The van der Waals surface area contributed by atoms with E-state index in [1.54, 1.807) is 0 Å². The van der Waals surface area contributed by atoms with Crippen LogP contribution >= 0.6 is 0 Å². The highest BCUT2D eigenvalue weighted by molar-refractivity contribution is 6.33. The van der Waals surface area contributed by atoms with Gasteiger partial charge in [-0.15, -0.1) is 0 Å². The maximum atomic E-state index is 5.24. The summed E-state index contributed by atoms with van der Waals surface area (Å²) in [6.07, 6.45) is 6.75. The average molecular weight is 513 g/mol. The van der Waals surface area contributed by atoms with Gasteiger partial charge in [0, 0.05) is 32.8 Å². The fourth-order valence-electron chi connectivity index (χ4n) is 7.55. The second-order valence-corrected chi connectivity index (χ2v) is 11.1. The largest absolute Gasteiger partial charge is 0.370 e. The van der Waals surface area contributed by atoms with Gasteiger partial charge < -0.3 is 9.88 Å². The van der Waals surface area contributed by atoms with E-state index in [2.05, 4.69) is 124 Å². The molecule has 0 saturated carbocycles. The number of nitrogens with one attached hydrogen (secondary N) is 1. The van der Waals surface area contributed by atoms with Crippen LogP contribution in [0, 0.1) is 0 Å². The van der Waals surface area contributed by atoms with E-state index < -0.39 is 0 Å². The SMILES string of the molecule is C1=Cc2ccc3c(c2CC1)c1c2c4cccc5c4n(c2ccc1n3-c1ccccc1)C1=Nc2ccccc2NC15. The lowest BCUT2D eigenvalue weighted by Crippen LogP contribution is -2.24. The third-order valence-electron chi connectivity index (χ3n) is 9.13. The Morgan fingerprint density at radius 3 is 2.42 bits per heavy atom. The third-order valence-corrected chi connectivity index (χ3v) is 9.13. The van der Waals surface area contributed by atoms with E-state index in [4.69, 9.17) is 4.99 Å². The van der Waals surface area contributed by atoms with E-state index in [9.17, 15) is 0 Å². The van der Waals surface area contributed by atoms with E-state index in [-0.39, 0.29) is 6.04 Å². The molecule has 0 fully saturated rings. The van der Waals surface area contributed by atoms with Crippen LogP contribution in [0.25, 0.3) is 55.4 Å². The van der Waals surface area contributed by atoms with Crippen LogP contribution in [0.15, 0.2) is 108 Å². The predicted molar refractivity (Wildman–Crippen MR) is 166 cm³/mol. The molecule has 188 valence electrons. The van der Waals surface area contributed by atoms with Crippen LogP contribution in [-0.2, 0) is 6.42 Å². The predicted octanol–water partition coefficient (Wildman–Crippen LogP) is 8.91. The van der Waals surface area contributed by atoms with Crippen LogP contribution in [0.4, 0.5) is 11.4 Å². The standard InChI is InChI=1S/C36H24N4/c1-2-10-22(11-3-1)39-28-18-17-21-9-4-5-12-23(21)31(28)33-30(39)20-19-29-32(33)24-13-8-14-25-34-36(40(29)35(24)25)38-27-16-7-6-15-26(27)37-34/h1-4,6-11,13-20,34,37H,5,12H2. The Morgan fingerprint density at radius 1 is 0.700 bits per heavy atom. The minimum absolute atomic E-state index is 0.0530. The summed E-state index contributed by atoms with van der Waals surface area (Å²) in [5, 5.41) is 9.16. The highest BCUT2D eigenvalue weighted by atomic mass is 15.2. The Balaban J connectivity index is 1.42. The van der Waals surface area contributed by atoms with Gasteiger partial charge in [-0.2, -0.15) is 0 Å². The van der Waals surface area contributed by atoms with Crippen LogP contribution in [0.1, 0.15) is 29.2 Å².